The van der Waals surface area contributed by atoms with Gasteiger partial charge in [0, 0.05) is 5.69 Å². The molecule has 0 aliphatic carbocycles. The number of methoxy groups -OCH3 is 2. The molecule has 2 N–H and O–H groups in total. The summed E-state index contributed by atoms with van der Waals surface area (Å²) in [6, 6.07) is 7.91. The molecule has 0 saturated heterocycles. The maximum Gasteiger partial charge on any atom is 0.337 e. The molecular weight excluding hydrogens is 463 g/mol. The van der Waals surface area contributed by atoms with E-state index in [2.05, 4.69) is 20.1 Å². The van der Waals surface area contributed by atoms with Crippen molar-refractivity contribution in [3.8, 4) is 0 Å². The molecule has 2 rings (SSSR count). The number of carbonyl (C=O) groups excluding carboxylic acids is 5. The van der Waals surface area contributed by atoms with Crippen LogP contribution in [0.5, 0.6) is 0 Å². The Bertz CT molecular complexity index is 1100. The molecule has 10 nitrogen and oxygen atoms in total. The standard InChI is InChI=1S/C24H25FN2O8/c1-13(2)20(27-21(29)17-7-5-6-8-18(17)25)24(32)35-12-19(28)26-16-10-14(22(30)33-3)9-15(11-16)23(31)34-4/h5-11,13,20H,12H2,1-4H3,(H,26,28)(H,27,29)/t20-/m0/s1. The molecule has 0 spiro atoms. The van der Waals surface area contributed by atoms with Gasteiger partial charge in [0.1, 0.15) is 11.9 Å². The first-order chi connectivity index (χ1) is 16.6. The van der Waals surface area contributed by atoms with Crippen molar-refractivity contribution in [2.24, 2.45) is 5.92 Å². The van der Waals surface area contributed by atoms with Gasteiger partial charge in [0.25, 0.3) is 11.8 Å². The molecule has 0 saturated carbocycles. The topological polar surface area (TPSA) is 137 Å². The van der Waals surface area contributed by atoms with Crippen molar-refractivity contribution in [1.82, 2.24) is 5.32 Å². The number of ether oxygens (including phenoxy) is 3. The molecule has 186 valence electrons. The lowest BCUT2D eigenvalue weighted by atomic mass is 10.0. The third-order valence-electron chi connectivity index (χ3n) is 4.73. The van der Waals surface area contributed by atoms with Crippen LogP contribution < -0.4 is 10.6 Å². The lowest BCUT2D eigenvalue weighted by Gasteiger charge is -2.21. The monoisotopic (exact) mass is 488 g/mol. The molecule has 0 fully saturated rings. The second-order valence-corrected chi connectivity index (χ2v) is 7.61. The molecule has 1 atom stereocenters. The molecule has 0 aliphatic heterocycles. The average molecular weight is 488 g/mol. The minimum absolute atomic E-state index is 0.0153. The van der Waals surface area contributed by atoms with Crippen molar-refractivity contribution in [2.45, 2.75) is 19.9 Å². The fourth-order valence-electron chi connectivity index (χ4n) is 2.96. The van der Waals surface area contributed by atoms with E-state index in [-0.39, 0.29) is 22.4 Å². The summed E-state index contributed by atoms with van der Waals surface area (Å²) in [6.07, 6.45) is 0. The van der Waals surface area contributed by atoms with Crippen molar-refractivity contribution in [3.05, 3.63) is 65.0 Å². The van der Waals surface area contributed by atoms with E-state index in [1.807, 2.05) is 0 Å². The van der Waals surface area contributed by atoms with Gasteiger partial charge in [0.2, 0.25) is 0 Å². The van der Waals surface area contributed by atoms with Crippen LogP contribution in [0.1, 0.15) is 44.9 Å². The van der Waals surface area contributed by atoms with E-state index >= 15 is 0 Å². The Morgan fingerprint density at radius 2 is 1.49 bits per heavy atom. The molecule has 0 radical (unpaired) electrons. The summed E-state index contributed by atoms with van der Waals surface area (Å²) in [5, 5.41) is 4.82. The Hall–Kier alpha value is -4.28. The number of nitrogens with one attached hydrogen (secondary N) is 2. The van der Waals surface area contributed by atoms with Crippen LogP contribution in [0.2, 0.25) is 0 Å². The normalized spacial score (nSPS) is 11.3. The number of rotatable bonds is 9. The van der Waals surface area contributed by atoms with Crippen molar-refractivity contribution in [1.29, 1.82) is 0 Å². The van der Waals surface area contributed by atoms with Gasteiger partial charge in [-0.3, -0.25) is 9.59 Å². The maximum absolute atomic E-state index is 13.9. The summed E-state index contributed by atoms with van der Waals surface area (Å²) in [5.74, 6) is -5.16. The van der Waals surface area contributed by atoms with Crippen LogP contribution in [0, 0.1) is 11.7 Å². The first-order valence-electron chi connectivity index (χ1n) is 10.4. The van der Waals surface area contributed by atoms with Gasteiger partial charge in [-0.25, -0.2) is 18.8 Å². The molecule has 2 aromatic carbocycles. The highest BCUT2D eigenvalue weighted by atomic mass is 19.1. The van der Waals surface area contributed by atoms with Crippen LogP contribution in [0.3, 0.4) is 0 Å². The van der Waals surface area contributed by atoms with Crippen molar-refractivity contribution in [3.63, 3.8) is 0 Å². The molecule has 0 unspecified atom stereocenters. The summed E-state index contributed by atoms with van der Waals surface area (Å²) in [5.41, 5.74) is -0.213. The Balaban J connectivity index is 2.07. The van der Waals surface area contributed by atoms with Crippen molar-refractivity contribution < 1.29 is 42.6 Å². The number of carbonyl (C=O) groups is 5. The minimum Gasteiger partial charge on any atom is -0.465 e. The lowest BCUT2D eigenvalue weighted by Crippen LogP contribution is -2.46. The van der Waals surface area contributed by atoms with Gasteiger partial charge >= 0.3 is 17.9 Å². The quantitative estimate of drug-likeness (QED) is 0.405. The second kappa shape index (κ2) is 12.3. The summed E-state index contributed by atoms with van der Waals surface area (Å²) in [7, 11) is 2.31. The molecule has 0 aromatic heterocycles. The van der Waals surface area contributed by atoms with Crippen LogP contribution in [-0.4, -0.2) is 56.6 Å². The summed E-state index contributed by atoms with van der Waals surface area (Å²) in [4.78, 5) is 61.0. The highest BCUT2D eigenvalue weighted by Crippen LogP contribution is 2.17. The largest absolute Gasteiger partial charge is 0.465 e. The zero-order valence-electron chi connectivity index (χ0n) is 19.5. The molecule has 2 amide bonds. The van der Waals surface area contributed by atoms with E-state index in [9.17, 15) is 28.4 Å². The third-order valence-corrected chi connectivity index (χ3v) is 4.73. The molecule has 0 aliphatic rings. The van der Waals surface area contributed by atoms with E-state index in [4.69, 9.17) is 4.74 Å². The van der Waals surface area contributed by atoms with Crippen LogP contribution in [0.4, 0.5) is 10.1 Å². The number of esters is 3. The first-order valence-corrected chi connectivity index (χ1v) is 10.4. The fourth-order valence-corrected chi connectivity index (χ4v) is 2.96. The zero-order chi connectivity index (χ0) is 26.1. The molecule has 0 bridgehead atoms. The van der Waals surface area contributed by atoms with Crippen LogP contribution >= 0.6 is 0 Å². The zero-order valence-corrected chi connectivity index (χ0v) is 19.5. The number of amides is 2. The Morgan fingerprint density at radius 3 is 2.00 bits per heavy atom. The highest BCUT2D eigenvalue weighted by Gasteiger charge is 2.27. The third kappa shape index (κ3) is 7.36. The van der Waals surface area contributed by atoms with E-state index in [1.54, 1.807) is 13.8 Å². The SMILES string of the molecule is COC(=O)c1cc(NC(=O)COC(=O)[C@@H](NC(=O)c2ccccc2F)C(C)C)cc(C(=O)OC)c1. The number of hydrogen-bond acceptors (Lipinski definition) is 8. The number of hydrogen-bond donors (Lipinski definition) is 2. The summed E-state index contributed by atoms with van der Waals surface area (Å²) < 4.78 is 28.2. The predicted molar refractivity (Wildman–Crippen MR) is 121 cm³/mol. The second-order valence-electron chi connectivity index (χ2n) is 7.61. The number of anilines is 1. The molecule has 11 heteroatoms. The number of halogens is 1. The van der Waals surface area contributed by atoms with E-state index in [0.717, 1.165) is 20.3 Å². The highest BCUT2D eigenvalue weighted by molar-refractivity contribution is 6.00. The summed E-state index contributed by atoms with van der Waals surface area (Å²) in [6.45, 7) is 2.55. The molecular formula is C24H25FN2O8. The van der Waals surface area contributed by atoms with Gasteiger partial charge in [0.15, 0.2) is 6.61 Å². The Kier molecular flexibility index (Phi) is 9.44. The predicted octanol–water partition coefficient (Wildman–Crippen LogP) is 2.34. The van der Waals surface area contributed by atoms with Crippen LogP contribution in [-0.2, 0) is 23.8 Å². The van der Waals surface area contributed by atoms with Crippen molar-refractivity contribution in [2.75, 3.05) is 26.1 Å². The van der Waals surface area contributed by atoms with Gasteiger partial charge in [0.05, 0.1) is 30.9 Å². The number of benzene rings is 2. The minimum atomic E-state index is -1.15. The average Bonchev–Trinajstić information content (AvgIpc) is 2.84. The molecule has 2 aromatic rings. The fraction of sp³-hybridized carbons (Fsp3) is 0.292. The summed E-state index contributed by atoms with van der Waals surface area (Å²) >= 11 is 0. The van der Waals surface area contributed by atoms with Gasteiger partial charge in [-0.05, 0) is 36.2 Å². The van der Waals surface area contributed by atoms with Gasteiger partial charge in [-0.2, -0.15) is 0 Å². The van der Waals surface area contributed by atoms with Crippen LogP contribution in [0.25, 0.3) is 0 Å². The smallest absolute Gasteiger partial charge is 0.337 e. The van der Waals surface area contributed by atoms with E-state index in [0.29, 0.717) is 0 Å². The first kappa shape index (κ1) is 27.0. The van der Waals surface area contributed by atoms with Gasteiger partial charge in [-0.1, -0.05) is 26.0 Å². The molecule has 0 heterocycles. The maximum atomic E-state index is 13.9. The van der Waals surface area contributed by atoms with Gasteiger partial charge < -0.3 is 24.8 Å². The van der Waals surface area contributed by atoms with E-state index in [1.165, 1.54) is 36.4 Å². The van der Waals surface area contributed by atoms with Crippen molar-refractivity contribution >= 4 is 35.4 Å². The lowest BCUT2D eigenvalue weighted by molar-refractivity contribution is -0.150. The van der Waals surface area contributed by atoms with Crippen LogP contribution in [0.15, 0.2) is 42.5 Å². The van der Waals surface area contributed by atoms with Gasteiger partial charge in [-0.15, -0.1) is 0 Å². The Labute approximate surface area is 200 Å². The Morgan fingerprint density at radius 1 is 0.914 bits per heavy atom. The molecule has 35 heavy (non-hydrogen) atoms. The van der Waals surface area contributed by atoms with E-state index < -0.39 is 54.1 Å².